The SMILES string of the molecule is CCc1nc(NC(=O)C(Cc2ccccc2)NC(=O)OCc2ccccc2)sc1C. The van der Waals surface area contributed by atoms with Gasteiger partial charge in [0.2, 0.25) is 5.91 Å². The minimum Gasteiger partial charge on any atom is -0.445 e. The number of carbonyl (C=O) groups is 2. The second-order valence-corrected chi connectivity index (χ2v) is 8.02. The van der Waals surface area contributed by atoms with Crippen LogP contribution in [0.1, 0.15) is 28.6 Å². The number of thiazole rings is 1. The van der Waals surface area contributed by atoms with Crippen LogP contribution in [0.3, 0.4) is 0 Å². The summed E-state index contributed by atoms with van der Waals surface area (Å²) in [4.78, 5) is 30.8. The van der Waals surface area contributed by atoms with Crippen LogP contribution in [-0.4, -0.2) is 23.0 Å². The van der Waals surface area contributed by atoms with Gasteiger partial charge in [0.05, 0.1) is 5.69 Å². The first-order valence-corrected chi connectivity index (χ1v) is 10.6. The summed E-state index contributed by atoms with van der Waals surface area (Å²) >= 11 is 1.43. The summed E-state index contributed by atoms with van der Waals surface area (Å²) < 4.78 is 5.29. The van der Waals surface area contributed by atoms with Gasteiger partial charge in [-0.3, -0.25) is 4.79 Å². The number of carbonyl (C=O) groups excluding carboxylic acids is 2. The van der Waals surface area contributed by atoms with Crippen molar-refractivity contribution in [1.82, 2.24) is 10.3 Å². The minimum atomic E-state index is -0.787. The molecule has 30 heavy (non-hydrogen) atoms. The van der Waals surface area contributed by atoms with Crippen LogP contribution in [0, 0.1) is 6.92 Å². The molecule has 0 spiro atoms. The number of benzene rings is 2. The molecule has 0 saturated heterocycles. The molecule has 156 valence electrons. The van der Waals surface area contributed by atoms with Crippen LogP contribution in [-0.2, 0) is 29.0 Å². The predicted octanol–water partition coefficient (Wildman–Crippen LogP) is 4.49. The first kappa shape index (κ1) is 21.5. The van der Waals surface area contributed by atoms with Crippen LogP contribution in [0.5, 0.6) is 0 Å². The monoisotopic (exact) mass is 423 g/mol. The highest BCUT2D eigenvalue weighted by Crippen LogP contribution is 2.22. The van der Waals surface area contributed by atoms with Gasteiger partial charge >= 0.3 is 6.09 Å². The topological polar surface area (TPSA) is 80.3 Å². The lowest BCUT2D eigenvalue weighted by Crippen LogP contribution is -2.45. The summed E-state index contributed by atoms with van der Waals surface area (Å²) in [6.45, 7) is 4.14. The average Bonchev–Trinajstić information content (AvgIpc) is 3.12. The maximum Gasteiger partial charge on any atom is 0.408 e. The number of anilines is 1. The highest BCUT2D eigenvalue weighted by molar-refractivity contribution is 7.15. The number of rotatable bonds is 8. The second-order valence-electron chi connectivity index (χ2n) is 6.81. The molecule has 0 aliphatic rings. The van der Waals surface area contributed by atoms with E-state index in [9.17, 15) is 9.59 Å². The molecule has 0 radical (unpaired) electrons. The van der Waals surface area contributed by atoms with Crippen LogP contribution < -0.4 is 10.6 Å². The number of hydrogen-bond donors (Lipinski definition) is 2. The van der Waals surface area contributed by atoms with Gasteiger partial charge in [-0.15, -0.1) is 11.3 Å². The van der Waals surface area contributed by atoms with Gasteiger partial charge in [0, 0.05) is 11.3 Å². The summed E-state index contributed by atoms with van der Waals surface area (Å²) in [5.41, 5.74) is 2.78. The Balaban J connectivity index is 1.67. The fourth-order valence-corrected chi connectivity index (χ4v) is 3.87. The Labute approximate surface area is 180 Å². The molecule has 6 nitrogen and oxygen atoms in total. The number of alkyl carbamates (subject to hydrolysis) is 1. The summed E-state index contributed by atoms with van der Waals surface area (Å²) in [7, 11) is 0. The van der Waals surface area contributed by atoms with Crippen molar-refractivity contribution in [3.05, 3.63) is 82.4 Å². The second kappa shape index (κ2) is 10.5. The molecule has 2 N–H and O–H groups in total. The Morgan fingerprint density at radius 2 is 1.67 bits per heavy atom. The standard InChI is InChI=1S/C23H25N3O3S/c1-3-19-16(2)30-22(24-19)26-21(27)20(14-17-10-6-4-7-11-17)25-23(28)29-15-18-12-8-5-9-13-18/h4-13,20H,3,14-15H2,1-2H3,(H,25,28)(H,24,26,27). The highest BCUT2D eigenvalue weighted by Gasteiger charge is 2.23. The van der Waals surface area contributed by atoms with Gasteiger partial charge in [0.25, 0.3) is 0 Å². The van der Waals surface area contributed by atoms with E-state index >= 15 is 0 Å². The van der Waals surface area contributed by atoms with Crippen molar-refractivity contribution in [2.45, 2.75) is 39.3 Å². The van der Waals surface area contributed by atoms with E-state index in [1.165, 1.54) is 11.3 Å². The van der Waals surface area contributed by atoms with Crippen molar-refractivity contribution in [3.63, 3.8) is 0 Å². The Kier molecular flexibility index (Phi) is 7.57. The number of nitrogens with zero attached hydrogens (tertiary/aromatic N) is 1. The lowest BCUT2D eigenvalue weighted by atomic mass is 10.1. The zero-order valence-corrected chi connectivity index (χ0v) is 17.9. The molecule has 1 aromatic heterocycles. The molecule has 3 aromatic rings. The van der Waals surface area contributed by atoms with Crippen molar-refractivity contribution < 1.29 is 14.3 Å². The van der Waals surface area contributed by atoms with Crippen molar-refractivity contribution >= 4 is 28.5 Å². The van der Waals surface area contributed by atoms with E-state index in [1.807, 2.05) is 74.5 Å². The molecule has 7 heteroatoms. The van der Waals surface area contributed by atoms with Crippen LogP contribution in [0.4, 0.5) is 9.93 Å². The average molecular weight is 424 g/mol. The lowest BCUT2D eigenvalue weighted by molar-refractivity contribution is -0.118. The molecule has 1 heterocycles. The Hall–Kier alpha value is -3.19. The van der Waals surface area contributed by atoms with E-state index in [0.29, 0.717) is 11.6 Å². The molecule has 2 amide bonds. The third kappa shape index (κ3) is 6.15. The molecule has 0 bridgehead atoms. The number of aromatic nitrogens is 1. The fraction of sp³-hybridized carbons (Fsp3) is 0.261. The Morgan fingerprint density at radius 1 is 1.03 bits per heavy atom. The lowest BCUT2D eigenvalue weighted by Gasteiger charge is -2.18. The summed E-state index contributed by atoms with van der Waals surface area (Å²) in [5, 5.41) is 6.06. The van der Waals surface area contributed by atoms with Crippen LogP contribution in [0.2, 0.25) is 0 Å². The highest BCUT2D eigenvalue weighted by atomic mass is 32.1. The molecular formula is C23H25N3O3S. The quantitative estimate of drug-likeness (QED) is 0.559. The van der Waals surface area contributed by atoms with Gasteiger partial charge in [-0.1, -0.05) is 67.6 Å². The number of ether oxygens (including phenoxy) is 1. The van der Waals surface area contributed by atoms with Crippen LogP contribution >= 0.6 is 11.3 Å². The first-order chi connectivity index (χ1) is 14.5. The molecular weight excluding hydrogens is 398 g/mol. The maximum atomic E-state index is 12.9. The first-order valence-electron chi connectivity index (χ1n) is 9.83. The van der Waals surface area contributed by atoms with Crippen molar-refractivity contribution in [2.75, 3.05) is 5.32 Å². The predicted molar refractivity (Wildman–Crippen MR) is 119 cm³/mol. The largest absolute Gasteiger partial charge is 0.445 e. The van der Waals surface area contributed by atoms with E-state index in [-0.39, 0.29) is 12.5 Å². The van der Waals surface area contributed by atoms with Crippen molar-refractivity contribution in [2.24, 2.45) is 0 Å². The van der Waals surface area contributed by atoms with E-state index in [4.69, 9.17) is 4.74 Å². The van der Waals surface area contributed by atoms with Gasteiger partial charge in [-0.05, 0) is 24.5 Å². The molecule has 1 atom stereocenters. The van der Waals surface area contributed by atoms with Crippen molar-refractivity contribution in [1.29, 1.82) is 0 Å². The van der Waals surface area contributed by atoms with E-state index in [0.717, 1.165) is 28.1 Å². The van der Waals surface area contributed by atoms with Crippen LogP contribution in [0.25, 0.3) is 0 Å². The van der Waals surface area contributed by atoms with Gasteiger partial charge in [-0.2, -0.15) is 0 Å². The Bertz CT molecular complexity index is 974. The van der Waals surface area contributed by atoms with Crippen molar-refractivity contribution in [3.8, 4) is 0 Å². The van der Waals surface area contributed by atoms with Gasteiger partial charge < -0.3 is 15.4 Å². The van der Waals surface area contributed by atoms with E-state index in [1.54, 1.807) is 0 Å². The van der Waals surface area contributed by atoms with Gasteiger partial charge in [-0.25, -0.2) is 9.78 Å². The molecule has 0 saturated carbocycles. The zero-order valence-electron chi connectivity index (χ0n) is 17.1. The molecule has 0 fully saturated rings. The Morgan fingerprint density at radius 3 is 2.27 bits per heavy atom. The summed E-state index contributed by atoms with van der Waals surface area (Å²) in [6, 6.07) is 18.1. The molecule has 3 rings (SSSR count). The maximum absolute atomic E-state index is 12.9. The smallest absolute Gasteiger partial charge is 0.408 e. The van der Waals surface area contributed by atoms with Gasteiger partial charge in [0.15, 0.2) is 5.13 Å². The van der Waals surface area contributed by atoms with E-state index in [2.05, 4.69) is 15.6 Å². The molecule has 0 aliphatic heterocycles. The van der Waals surface area contributed by atoms with Crippen LogP contribution in [0.15, 0.2) is 60.7 Å². The number of nitrogens with one attached hydrogen (secondary N) is 2. The number of amides is 2. The zero-order chi connectivity index (χ0) is 21.3. The summed E-state index contributed by atoms with van der Waals surface area (Å²) in [5.74, 6) is -0.327. The third-order valence-corrected chi connectivity index (χ3v) is 5.49. The van der Waals surface area contributed by atoms with E-state index < -0.39 is 12.1 Å². The fourth-order valence-electron chi connectivity index (χ4n) is 2.97. The molecule has 2 aromatic carbocycles. The number of aryl methyl sites for hydroxylation is 2. The van der Waals surface area contributed by atoms with Gasteiger partial charge in [0.1, 0.15) is 12.6 Å². The third-order valence-electron chi connectivity index (χ3n) is 4.56. The normalized spacial score (nSPS) is 11.5. The number of hydrogen-bond acceptors (Lipinski definition) is 5. The molecule has 0 aliphatic carbocycles. The summed E-state index contributed by atoms with van der Waals surface area (Å²) in [6.07, 6.45) is 0.507. The minimum absolute atomic E-state index is 0.137. The molecule has 1 unspecified atom stereocenters.